The summed E-state index contributed by atoms with van der Waals surface area (Å²) in [6.45, 7) is 3.17. The van der Waals surface area contributed by atoms with E-state index in [1.54, 1.807) is 13.8 Å². The topological polar surface area (TPSA) is 58.6 Å². The van der Waals surface area contributed by atoms with E-state index in [1.807, 2.05) is 0 Å². The highest BCUT2D eigenvalue weighted by molar-refractivity contribution is 5.81. The van der Waals surface area contributed by atoms with Crippen molar-refractivity contribution in [2.45, 2.75) is 44.9 Å². The molecule has 5 heteroatoms. The molecule has 1 aliphatic carbocycles. The van der Waals surface area contributed by atoms with Gasteiger partial charge in [0, 0.05) is 17.7 Å². The molecule has 1 aliphatic rings. The minimum atomic E-state index is -0.783. The number of rotatable bonds is 5. The van der Waals surface area contributed by atoms with Gasteiger partial charge in [-0.1, -0.05) is 0 Å². The standard InChI is InChI=1S/C14H18FNO3/c1-8(17)12-6-3-10(15)7-13(12)19-9(2)14(18)16-11-4-5-11/h3,6-9,11,17H,4-5H2,1-2H3,(H,16,18)/t8-,9?/m0/s1. The van der Waals surface area contributed by atoms with E-state index in [0.29, 0.717) is 5.56 Å². The monoisotopic (exact) mass is 267 g/mol. The number of nitrogens with one attached hydrogen (secondary N) is 1. The number of carbonyl (C=O) groups is 1. The van der Waals surface area contributed by atoms with Crippen LogP contribution in [-0.4, -0.2) is 23.2 Å². The molecule has 0 heterocycles. The number of aliphatic hydroxyl groups excluding tert-OH is 1. The van der Waals surface area contributed by atoms with Crippen LogP contribution in [-0.2, 0) is 4.79 Å². The van der Waals surface area contributed by atoms with Crippen LogP contribution in [0.1, 0.15) is 38.4 Å². The first-order valence-corrected chi connectivity index (χ1v) is 6.42. The summed E-state index contributed by atoms with van der Waals surface area (Å²) in [5.41, 5.74) is 0.465. The number of carbonyl (C=O) groups excluding carboxylic acids is 1. The van der Waals surface area contributed by atoms with Gasteiger partial charge in [0.15, 0.2) is 6.10 Å². The molecule has 0 spiro atoms. The third kappa shape index (κ3) is 3.67. The normalized spacial score (nSPS) is 17.7. The highest BCUT2D eigenvalue weighted by Crippen LogP contribution is 2.27. The summed E-state index contributed by atoms with van der Waals surface area (Å²) in [7, 11) is 0. The third-order valence-corrected chi connectivity index (χ3v) is 3.02. The zero-order chi connectivity index (χ0) is 14.0. The first-order valence-electron chi connectivity index (χ1n) is 6.42. The molecule has 0 radical (unpaired) electrons. The Balaban J connectivity index is 2.07. The summed E-state index contributed by atoms with van der Waals surface area (Å²) < 4.78 is 18.7. The van der Waals surface area contributed by atoms with Crippen LogP contribution in [0, 0.1) is 5.82 Å². The van der Waals surface area contributed by atoms with Gasteiger partial charge in [0.05, 0.1) is 6.10 Å². The van der Waals surface area contributed by atoms with Crippen molar-refractivity contribution in [1.82, 2.24) is 5.32 Å². The first kappa shape index (κ1) is 13.8. The van der Waals surface area contributed by atoms with E-state index >= 15 is 0 Å². The van der Waals surface area contributed by atoms with Crippen molar-refractivity contribution in [3.05, 3.63) is 29.6 Å². The van der Waals surface area contributed by atoms with E-state index in [4.69, 9.17) is 4.74 Å². The Kier molecular flexibility index (Phi) is 4.04. The molecule has 1 saturated carbocycles. The Labute approximate surface area is 111 Å². The van der Waals surface area contributed by atoms with Crippen LogP contribution in [0.2, 0.25) is 0 Å². The Bertz CT molecular complexity index is 472. The summed E-state index contributed by atoms with van der Waals surface area (Å²) in [5, 5.41) is 12.4. The molecule has 1 aromatic rings. The predicted octanol–water partition coefficient (Wildman–Crippen LogP) is 1.92. The van der Waals surface area contributed by atoms with Gasteiger partial charge in [-0.3, -0.25) is 4.79 Å². The van der Waals surface area contributed by atoms with E-state index in [1.165, 1.54) is 18.2 Å². The number of ether oxygens (including phenoxy) is 1. The lowest BCUT2D eigenvalue weighted by Crippen LogP contribution is -2.37. The largest absolute Gasteiger partial charge is 0.480 e. The molecule has 2 atom stereocenters. The maximum absolute atomic E-state index is 13.2. The Hall–Kier alpha value is -1.62. The van der Waals surface area contributed by atoms with Crippen molar-refractivity contribution >= 4 is 5.91 Å². The average Bonchev–Trinajstić information content (AvgIpc) is 3.12. The van der Waals surface area contributed by atoms with Crippen molar-refractivity contribution in [3.63, 3.8) is 0 Å². The molecule has 19 heavy (non-hydrogen) atoms. The Morgan fingerprint density at radius 2 is 2.16 bits per heavy atom. The lowest BCUT2D eigenvalue weighted by atomic mass is 10.1. The number of hydrogen-bond acceptors (Lipinski definition) is 3. The van der Waals surface area contributed by atoms with Gasteiger partial charge >= 0.3 is 0 Å². The molecule has 1 aromatic carbocycles. The lowest BCUT2D eigenvalue weighted by Gasteiger charge is -2.18. The van der Waals surface area contributed by atoms with E-state index in [-0.39, 0.29) is 17.7 Å². The fraction of sp³-hybridized carbons (Fsp3) is 0.500. The summed E-state index contributed by atoms with van der Waals surface area (Å²) in [6.07, 6.45) is 0.489. The van der Waals surface area contributed by atoms with E-state index < -0.39 is 18.0 Å². The van der Waals surface area contributed by atoms with Gasteiger partial charge in [0.1, 0.15) is 11.6 Å². The van der Waals surface area contributed by atoms with E-state index in [2.05, 4.69) is 5.32 Å². The molecule has 0 saturated heterocycles. The summed E-state index contributed by atoms with van der Waals surface area (Å²) in [6, 6.07) is 4.15. The quantitative estimate of drug-likeness (QED) is 0.857. The van der Waals surface area contributed by atoms with Crippen molar-refractivity contribution in [2.24, 2.45) is 0 Å². The second-order valence-electron chi connectivity index (χ2n) is 4.90. The molecular weight excluding hydrogens is 249 g/mol. The summed E-state index contributed by atoms with van der Waals surface area (Å²) in [5.74, 6) is -0.481. The van der Waals surface area contributed by atoms with Gasteiger partial charge < -0.3 is 15.2 Å². The summed E-state index contributed by atoms with van der Waals surface area (Å²) >= 11 is 0. The molecular formula is C14H18FNO3. The molecule has 4 nitrogen and oxygen atoms in total. The average molecular weight is 267 g/mol. The molecule has 1 amide bonds. The van der Waals surface area contributed by atoms with Crippen molar-refractivity contribution in [3.8, 4) is 5.75 Å². The van der Waals surface area contributed by atoms with Crippen molar-refractivity contribution in [2.75, 3.05) is 0 Å². The zero-order valence-corrected chi connectivity index (χ0v) is 11.0. The number of benzene rings is 1. The van der Waals surface area contributed by atoms with Gasteiger partial charge in [0.25, 0.3) is 5.91 Å². The summed E-state index contributed by atoms with van der Waals surface area (Å²) in [4.78, 5) is 11.8. The highest BCUT2D eigenvalue weighted by atomic mass is 19.1. The predicted molar refractivity (Wildman–Crippen MR) is 68.3 cm³/mol. The molecule has 104 valence electrons. The Morgan fingerprint density at radius 1 is 1.47 bits per heavy atom. The van der Waals surface area contributed by atoms with Gasteiger partial charge in [-0.25, -0.2) is 4.39 Å². The van der Waals surface area contributed by atoms with Crippen molar-refractivity contribution < 1.29 is 19.0 Å². The number of halogens is 1. The molecule has 0 aliphatic heterocycles. The SMILES string of the molecule is CC(Oc1cc(F)ccc1[C@H](C)O)C(=O)NC1CC1. The fourth-order valence-electron chi connectivity index (χ4n) is 1.75. The second-order valence-corrected chi connectivity index (χ2v) is 4.90. The van der Waals surface area contributed by atoms with E-state index in [0.717, 1.165) is 12.8 Å². The minimum absolute atomic E-state index is 0.202. The maximum Gasteiger partial charge on any atom is 0.260 e. The first-order chi connectivity index (χ1) is 8.97. The zero-order valence-electron chi connectivity index (χ0n) is 11.0. The van der Waals surface area contributed by atoms with Gasteiger partial charge in [-0.15, -0.1) is 0 Å². The van der Waals surface area contributed by atoms with Crippen molar-refractivity contribution in [1.29, 1.82) is 0 Å². The third-order valence-electron chi connectivity index (χ3n) is 3.02. The van der Waals surface area contributed by atoms with Crippen LogP contribution < -0.4 is 10.1 Å². The van der Waals surface area contributed by atoms with E-state index in [9.17, 15) is 14.3 Å². The molecule has 2 rings (SSSR count). The lowest BCUT2D eigenvalue weighted by molar-refractivity contribution is -0.127. The van der Waals surface area contributed by atoms with Crippen LogP contribution in [0.5, 0.6) is 5.75 Å². The molecule has 2 N–H and O–H groups in total. The second kappa shape index (κ2) is 5.57. The van der Waals surface area contributed by atoms with Crippen LogP contribution in [0.4, 0.5) is 4.39 Å². The molecule has 1 fully saturated rings. The number of hydrogen-bond donors (Lipinski definition) is 2. The maximum atomic E-state index is 13.2. The van der Waals surface area contributed by atoms with Gasteiger partial charge in [-0.2, -0.15) is 0 Å². The Morgan fingerprint density at radius 3 is 2.74 bits per heavy atom. The number of amides is 1. The molecule has 0 aromatic heterocycles. The molecule has 1 unspecified atom stereocenters. The van der Waals surface area contributed by atoms with Gasteiger partial charge in [0.2, 0.25) is 0 Å². The van der Waals surface area contributed by atoms with Crippen LogP contribution in [0.3, 0.4) is 0 Å². The highest BCUT2D eigenvalue weighted by Gasteiger charge is 2.26. The van der Waals surface area contributed by atoms with Crippen LogP contribution in [0.15, 0.2) is 18.2 Å². The molecule has 0 bridgehead atoms. The van der Waals surface area contributed by atoms with Crippen LogP contribution >= 0.6 is 0 Å². The number of aliphatic hydroxyl groups is 1. The van der Waals surface area contributed by atoms with Crippen LogP contribution in [0.25, 0.3) is 0 Å². The fourth-order valence-corrected chi connectivity index (χ4v) is 1.75. The minimum Gasteiger partial charge on any atom is -0.480 e. The van der Waals surface area contributed by atoms with Gasteiger partial charge in [-0.05, 0) is 38.8 Å². The smallest absolute Gasteiger partial charge is 0.260 e.